The van der Waals surface area contributed by atoms with Crippen LogP contribution in [0.5, 0.6) is 5.75 Å². The van der Waals surface area contributed by atoms with Gasteiger partial charge in [0.15, 0.2) is 0 Å². The standard InChI is InChI=1S/C25H28F3NO4/c1-23(2,17-3-5-18(6-4-17)24(31)15-32-16-24)22(30)29-13-11-21(12-14-29)33-20-9-7-19(8-10-20)25(26,27)28/h3-10,21,31H,11-16H2,1-2H3. The van der Waals surface area contributed by atoms with Crippen molar-refractivity contribution >= 4 is 5.91 Å². The van der Waals surface area contributed by atoms with Crippen molar-refractivity contribution < 1.29 is 32.5 Å². The Balaban J connectivity index is 1.33. The minimum Gasteiger partial charge on any atom is -0.490 e. The van der Waals surface area contributed by atoms with Crippen LogP contribution in [0.15, 0.2) is 48.5 Å². The first-order valence-electron chi connectivity index (χ1n) is 11.0. The van der Waals surface area contributed by atoms with Crippen molar-refractivity contribution in [3.63, 3.8) is 0 Å². The molecule has 2 aromatic carbocycles. The van der Waals surface area contributed by atoms with Crippen molar-refractivity contribution in [3.05, 3.63) is 65.2 Å². The first-order chi connectivity index (χ1) is 15.5. The summed E-state index contributed by atoms with van der Waals surface area (Å²) in [5.41, 5.74) is -0.745. The van der Waals surface area contributed by atoms with E-state index in [0.717, 1.165) is 23.3 Å². The molecule has 8 heteroatoms. The van der Waals surface area contributed by atoms with Crippen LogP contribution in [0.1, 0.15) is 43.4 Å². The van der Waals surface area contributed by atoms with Gasteiger partial charge in [-0.3, -0.25) is 4.79 Å². The molecule has 5 nitrogen and oxygen atoms in total. The molecule has 4 rings (SSSR count). The lowest BCUT2D eigenvalue weighted by Crippen LogP contribution is -2.49. The fourth-order valence-electron chi connectivity index (χ4n) is 4.27. The molecule has 0 unspecified atom stereocenters. The van der Waals surface area contributed by atoms with Gasteiger partial charge in [-0.2, -0.15) is 13.2 Å². The number of aliphatic hydroxyl groups is 1. The molecule has 33 heavy (non-hydrogen) atoms. The number of hydrogen-bond acceptors (Lipinski definition) is 4. The Morgan fingerprint density at radius 3 is 2.03 bits per heavy atom. The number of likely N-dealkylation sites (tertiary alicyclic amines) is 1. The van der Waals surface area contributed by atoms with Gasteiger partial charge in [0.05, 0.1) is 24.2 Å². The van der Waals surface area contributed by atoms with Crippen molar-refractivity contribution in [1.82, 2.24) is 4.90 Å². The minimum absolute atomic E-state index is 0.00826. The molecule has 0 radical (unpaired) electrons. The summed E-state index contributed by atoms with van der Waals surface area (Å²) in [6.45, 7) is 5.36. The van der Waals surface area contributed by atoms with Crippen molar-refractivity contribution in [1.29, 1.82) is 0 Å². The van der Waals surface area contributed by atoms with E-state index in [1.165, 1.54) is 12.1 Å². The first kappa shape index (κ1) is 23.6. The minimum atomic E-state index is -4.37. The van der Waals surface area contributed by atoms with Gasteiger partial charge in [-0.15, -0.1) is 0 Å². The zero-order chi connectivity index (χ0) is 23.9. The molecule has 2 aromatic rings. The summed E-state index contributed by atoms with van der Waals surface area (Å²) in [5, 5.41) is 10.4. The Labute approximate surface area is 191 Å². The predicted molar refractivity (Wildman–Crippen MR) is 116 cm³/mol. The summed E-state index contributed by atoms with van der Waals surface area (Å²) in [7, 11) is 0. The topological polar surface area (TPSA) is 59.0 Å². The average Bonchev–Trinajstić information content (AvgIpc) is 2.77. The third kappa shape index (κ3) is 4.87. The predicted octanol–water partition coefficient (Wildman–Crippen LogP) is 4.27. The Bertz CT molecular complexity index is 974. The van der Waals surface area contributed by atoms with Crippen molar-refractivity contribution in [2.75, 3.05) is 26.3 Å². The molecule has 0 spiro atoms. The van der Waals surface area contributed by atoms with Gasteiger partial charge < -0.3 is 19.5 Å². The van der Waals surface area contributed by atoms with Crippen LogP contribution >= 0.6 is 0 Å². The molecule has 0 bridgehead atoms. The highest BCUT2D eigenvalue weighted by Crippen LogP contribution is 2.34. The Hall–Kier alpha value is -2.58. The number of piperidine rings is 1. The first-order valence-corrected chi connectivity index (χ1v) is 11.0. The summed E-state index contributed by atoms with van der Waals surface area (Å²) in [4.78, 5) is 15.1. The van der Waals surface area contributed by atoms with Gasteiger partial charge in [0.25, 0.3) is 0 Å². The van der Waals surface area contributed by atoms with Crippen LogP contribution < -0.4 is 4.74 Å². The number of carbonyl (C=O) groups is 1. The quantitative estimate of drug-likeness (QED) is 0.720. The van der Waals surface area contributed by atoms with Gasteiger partial charge in [-0.1, -0.05) is 24.3 Å². The monoisotopic (exact) mass is 463 g/mol. The van der Waals surface area contributed by atoms with Crippen molar-refractivity contribution in [2.24, 2.45) is 0 Å². The third-order valence-electron chi connectivity index (χ3n) is 6.57. The van der Waals surface area contributed by atoms with Crippen molar-refractivity contribution in [3.8, 4) is 5.75 Å². The molecule has 0 atom stereocenters. The van der Waals surface area contributed by atoms with E-state index in [1.54, 1.807) is 0 Å². The highest BCUT2D eigenvalue weighted by Gasteiger charge is 2.39. The van der Waals surface area contributed by atoms with Gasteiger partial charge in [0, 0.05) is 25.9 Å². The number of alkyl halides is 3. The average molecular weight is 463 g/mol. The zero-order valence-corrected chi connectivity index (χ0v) is 18.7. The summed E-state index contributed by atoms with van der Waals surface area (Å²) < 4.78 is 49.1. The maximum Gasteiger partial charge on any atom is 0.416 e. The second kappa shape index (κ2) is 8.65. The van der Waals surface area contributed by atoms with Gasteiger partial charge in [0.2, 0.25) is 5.91 Å². The molecule has 2 aliphatic heterocycles. The highest BCUT2D eigenvalue weighted by molar-refractivity contribution is 5.87. The Morgan fingerprint density at radius 1 is 1.00 bits per heavy atom. The van der Waals surface area contributed by atoms with Crippen LogP contribution in [0.2, 0.25) is 0 Å². The fourth-order valence-corrected chi connectivity index (χ4v) is 4.27. The van der Waals surface area contributed by atoms with Crippen LogP contribution in [0.25, 0.3) is 0 Å². The number of rotatable bonds is 5. The molecule has 0 aliphatic carbocycles. The van der Waals surface area contributed by atoms with Crippen LogP contribution in [0, 0.1) is 0 Å². The van der Waals surface area contributed by atoms with E-state index in [9.17, 15) is 23.1 Å². The van der Waals surface area contributed by atoms with Crippen LogP contribution in [-0.2, 0) is 26.7 Å². The fraction of sp³-hybridized carbons (Fsp3) is 0.480. The smallest absolute Gasteiger partial charge is 0.416 e. The normalized spacial score (nSPS) is 19.2. The summed E-state index contributed by atoms with van der Waals surface area (Å²) >= 11 is 0. The van der Waals surface area contributed by atoms with E-state index in [4.69, 9.17) is 9.47 Å². The molecule has 2 fully saturated rings. The molecule has 0 saturated carbocycles. The molecule has 1 N–H and O–H groups in total. The molecule has 2 saturated heterocycles. The van der Waals surface area contributed by atoms with Crippen LogP contribution in [0.4, 0.5) is 13.2 Å². The Kier molecular flexibility index (Phi) is 6.18. The second-order valence-electron chi connectivity index (χ2n) is 9.36. The van der Waals surface area contributed by atoms with Gasteiger partial charge >= 0.3 is 6.18 Å². The molecule has 2 heterocycles. The number of hydrogen-bond donors (Lipinski definition) is 1. The van der Waals surface area contributed by atoms with E-state index in [2.05, 4.69) is 0 Å². The summed E-state index contributed by atoms with van der Waals surface area (Å²) in [6, 6.07) is 12.1. The highest BCUT2D eigenvalue weighted by atomic mass is 19.4. The number of ether oxygens (including phenoxy) is 2. The number of carbonyl (C=O) groups excluding carboxylic acids is 1. The van der Waals surface area contributed by atoms with E-state index >= 15 is 0 Å². The SMILES string of the molecule is CC(C)(C(=O)N1CCC(Oc2ccc(C(F)(F)F)cc2)CC1)c1ccc(C2(O)COC2)cc1. The van der Waals surface area contributed by atoms with Crippen LogP contribution in [0.3, 0.4) is 0 Å². The zero-order valence-electron chi connectivity index (χ0n) is 18.7. The van der Waals surface area contributed by atoms with Gasteiger partial charge in [-0.05, 0) is 49.2 Å². The lowest BCUT2D eigenvalue weighted by atomic mass is 9.81. The molecular formula is C25H28F3NO4. The maximum absolute atomic E-state index is 13.3. The number of amides is 1. The largest absolute Gasteiger partial charge is 0.490 e. The Morgan fingerprint density at radius 2 is 1.55 bits per heavy atom. The van der Waals surface area contributed by atoms with E-state index in [0.29, 0.717) is 31.7 Å². The summed E-state index contributed by atoms with van der Waals surface area (Å²) in [6.07, 6.45) is -3.31. The van der Waals surface area contributed by atoms with Crippen LogP contribution in [-0.4, -0.2) is 48.3 Å². The van der Waals surface area contributed by atoms with Crippen molar-refractivity contribution in [2.45, 2.75) is 50.0 Å². The van der Waals surface area contributed by atoms with E-state index in [1.807, 2.05) is 43.0 Å². The lowest BCUT2D eigenvalue weighted by molar-refractivity contribution is -0.184. The molecule has 1 amide bonds. The molecular weight excluding hydrogens is 435 g/mol. The van der Waals surface area contributed by atoms with Gasteiger partial charge in [-0.25, -0.2) is 0 Å². The number of halogens is 3. The molecule has 0 aromatic heterocycles. The van der Waals surface area contributed by atoms with Gasteiger partial charge in [0.1, 0.15) is 17.5 Å². The number of nitrogens with zero attached hydrogens (tertiary/aromatic N) is 1. The molecule has 2 aliphatic rings. The van der Waals surface area contributed by atoms with E-state index in [-0.39, 0.29) is 25.2 Å². The van der Waals surface area contributed by atoms with E-state index < -0.39 is 22.8 Å². The second-order valence-corrected chi connectivity index (χ2v) is 9.36. The lowest BCUT2D eigenvalue weighted by Gasteiger charge is -2.38. The maximum atomic E-state index is 13.3. The third-order valence-corrected chi connectivity index (χ3v) is 6.57. The number of benzene rings is 2. The summed E-state index contributed by atoms with van der Waals surface area (Å²) in [5.74, 6) is 0.403. The molecule has 178 valence electrons.